The average molecular weight is 252 g/mol. The number of aromatic hydroxyl groups is 1. The van der Waals surface area contributed by atoms with Gasteiger partial charge in [-0.15, -0.1) is 0 Å². The van der Waals surface area contributed by atoms with E-state index in [9.17, 15) is 9.59 Å². The monoisotopic (exact) mass is 252 g/mol. The highest BCUT2D eigenvalue weighted by Gasteiger charge is 2.19. The van der Waals surface area contributed by atoms with E-state index >= 15 is 0 Å². The molecule has 1 atom stereocenters. The van der Waals surface area contributed by atoms with E-state index < -0.39 is 18.0 Å². The third kappa shape index (κ3) is 4.86. The Morgan fingerprint density at radius 2 is 1.89 bits per heavy atom. The molecule has 0 aliphatic carbocycles. The second-order valence-electron chi connectivity index (χ2n) is 3.99. The first-order valence-corrected chi connectivity index (χ1v) is 5.67. The van der Waals surface area contributed by atoms with Gasteiger partial charge in [-0.2, -0.15) is 0 Å². The molecule has 0 unspecified atom stereocenters. The Balaban J connectivity index is 2.41. The van der Waals surface area contributed by atoms with Crippen molar-refractivity contribution in [2.24, 2.45) is 0 Å². The quantitative estimate of drug-likeness (QED) is 0.753. The van der Waals surface area contributed by atoms with Gasteiger partial charge in [-0.1, -0.05) is 12.1 Å². The first kappa shape index (κ1) is 14.0. The number of hydrogen-bond donors (Lipinski definition) is 2. The lowest BCUT2D eigenvalue weighted by molar-refractivity contribution is -0.162. The molecule has 98 valence electrons. The zero-order valence-corrected chi connectivity index (χ0v) is 10.1. The SMILES string of the molecule is CC(=O)O[C@H](CCCc1ccc(O)cc1)C(=O)O. The number of phenolic OH excluding ortho intramolecular Hbond substituents is 1. The van der Waals surface area contributed by atoms with Crippen LogP contribution in [0, 0.1) is 0 Å². The molecule has 5 heteroatoms. The normalized spacial score (nSPS) is 11.8. The minimum atomic E-state index is -1.13. The summed E-state index contributed by atoms with van der Waals surface area (Å²) in [6, 6.07) is 6.71. The summed E-state index contributed by atoms with van der Waals surface area (Å²) in [6.07, 6.45) is 0.454. The van der Waals surface area contributed by atoms with Crippen molar-refractivity contribution in [2.45, 2.75) is 32.3 Å². The van der Waals surface area contributed by atoms with Gasteiger partial charge < -0.3 is 14.9 Å². The lowest BCUT2D eigenvalue weighted by Crippen LogP contribution is -2.26. The van der Waals surface area contributed by atoms with Gasteiger partial charge in [-0.25, -0.2) is 4.79 Å². The van der Waals surface area contributed by atoms with Gasteiger partial charge in [0.25, 0.3) is 0 Å². The summed E-state index contributed by atoms with van der Waals surface area (Å²) in [5.74, 6) is -1.52. The zero-order valence-electron chi connectivity index (χ0n) is 10.1. The van der Waals surface area contributed by atoms with E-state index in [0.717, 1.165) is 5.56 Å². The van der Waals surface area contributed by atoms with E-state index in [1.165, 1.54) is 6.92 Å². The highest BCUT2D eigenvalue weighted by Crippen LogP contribution is 2.13. The number of ether oxygens (including phenoxy) is 1. The predicted molar refractivity (Wildman–Crippen MR) is 64.2 cm³/mol. The molecule has 0 aliphatic heterocycles. The maximum Gasteiger partial charge on any atom is 0.345 e. The molecule has 1 aromatic rings. The lowest BCUT2D eigenvalue weighted by Gasteiger charge is -2.12. The Hall–Kier alpha value is -2.04. The molecule has 0 aliphatic rings. The van der Waals surface area contributed by atoms with E-state index in [0.29, 0.717) is 12.8 Å². The van der Waals surface area contributed by atoms with Crippen LogP contribution in [0.15, 0.2) is 24.3 Å². The van der Waals surface area contributed by atoms with Crippen molar-refractivity contribution < 1.29 is 24.5 Å². The first-order chi connectivity index (χ1) is 8.49. The molecular formula is C13H16O5. The maximum absolute atomic E-state index is 10.8. The van der Waals surface area contributed by atoms with Crippen LogP contribution in [0.3, 0.4) is 0 Å². The zero-order chi connectivity index (χ0) is 13.5. The number of carbonyl (C=O) groups excluding carboxylic acids is 1. The van der Waals surface area contributed by atoms with Gasteiger partial charge in [0.15, 0.2) is 6.10 Å². The minimum absolute atomic E-state index is 0.196. The van der Waals surface area contributed by atoms with Gasteiger partial charge in [0.05, 0.1) is 0 Å². The molecule has 0 aromatic heterocycles. The van der Waals surface area contributed by atoms with Crippen molar-refractivity contribution in [2.75, 3.05) is 0 Å². The number of benzene rings is 1. The summed E-state index contributed by atoms with van der Waals surface area (Å²) in [5, 5.41) is 18.0. The number of aryl methyl sites for hydroxylation is 1. The van der Waals surface area contributed by atoms with Crippen molar-refractivity contribution in [3.63, 3.8) is 0 Å². The largest absolute Gasteiger partial charge is 0.508 e. The molecule has 0 radical (unpaired) electrons. The number of hydrogen-bond acceptors (Lipinski definition) is 4. The third-order valence-electron chi connectivity index (χ3n) is 2.45. The molecule has 2 N–H and O–H groups in total. The van der Waals surface area contributed by atoms with Crippen molar-refractivity contribution in [1.82, 2.24) is 0 Å². The molecule has 0 saturated heterocycles. The molecular weight excluding hydrogens is 236 g/mol. The van der Waals surface area contributed by atoms with Crippen LogP contribution in [0.2, 0.25) is 0 Å². The first-order valence-electron chi connectivity index (χ1n) is 5.67. The second-order valence-corrected chi connectivity index (χ2v) is 3.99. The Morgan fingerprint density at radius 1 is 1.28 bits per heavy atom. The third-order valence-corrected chi connectivity index (χ3v) is 2.45. The fourth-order valence-electron chi connectivity index (χ4n) is 1.59. The molecule has 0 saturated carbocycles. The molecule has 0 spiro atoms. The van der Waals surface area contributed by atoms with Gasteiger partial charge >= 0.3 is 11.9 Å². The number of carboxylic acids is 1. The number of aliphatic carboxylic acids is 1. The fraction of sp³-hybridized carbons (Fsp3) is 0.385. The van der Waals surface area contributed by atoms with E-state index in [1.54, 1.807) is 24.3 Å². The van der Waals surface area contributed by atoms with Crippen LogP contribution in [-0.4, -0.2) is 28.3 Å². The second kappa shape index (κ2) is 6.64. The summed E-state index contributed by atoms with van der Waals surface area (Å²) >= 11 is 0. The molecule has 0 bridgehead atoms. The number of carboxylic acid groups (broad SMARTS) is 1. The number of carbonyl (C=O) groups is 2. The Morgan fingerprint density at radius 3 is 2.39 bits per heavy atom. The van der Waals surface area contributed by atoms with Crippen molar-refractivity contribution >= 4 is 11.9 Å². The van der Waals surface area contributed by atoms with Crippen LogP contribution in [0.1, 0.15) is 25.3 Å². The summed E-state index contributed by atoms with van der Waals surface area (Å²) in [6.45, 7) is 1.19. The fourth-order valence-corrected chi connectivity index (χ4v) is 1.59. The van der Waals surface area contributed by atoms with Gasteiger partial charge in [-0.3, -0.25) is 4.79 Å². The topological polar surface area (TPSA) is 83.8 Å². The van der Waals surface area contributed by atoms with E-state index in [2.05, 4.69) is 0 Å². The number of phenols is 1. The summed E-state index contributed by atoms with van der Waals surface area (Å²) in [7, 11) is 0. The van der Waals surface area contributed by atoms with Crippen molar-refractivity contribution in [3.05, 3.63) is 29.8 Å². The molecule has 0 amide bonds. The molecule has 5 nitrogen and oxygen atoms in total. The molecule has 0 fully saturated rings. The van der Waals surface area contributed by atoms with Crippen molar-refractivity contribution in [1.29, 1.82) is 0 Å². The Labute approximate surface area is 105 Å². The average Bonchev–Trinajstić information content (AvgIpc) is 2.29. The summed E-state index contributed by atoms with van der Waals surface area (Å²) < 4.78 is 4.69. The Bertz CT molecular complexity index is 410. The van der Waals surface area contributed by atoms with Crippen LogP contribution in [0.5, 0.6) is 5.75 Å². The standard InChI is InChI=1S/C13H16O5/c1-9(14)18-12(13(16)17)4-2-3-10-5-7-11(15)8-6-10/h5-8,12,15H,2-4H2,1H3,(H,16,17)/t12-/m1/s1. The number of rotatable bonds is 6. The summed E-state index contributed by atoms with van der Waals surface area (Å²) in [4.78, 5) is 21.5. The highest BCUT2D eigenvalue weighted by molar-refractivity contribution is 5.76. The van der Waals surface area contributed by atoms with Gasteiger partial charge in [0.1, 0.15) is 5.75 Å². The van der Waals surface area contributed by atoms with Gasteiger partial charge in [0, 0.05) is 6.92 Å². The number of esters is 1. The van der Waals surface area contributed by atoms with E-state index in [4.69, 9.17) is 14.9 Å². The molecule has 0 heterocycles. The smallest absolute Gasteiger partial charge is 0.345 e. The minimum Gasteiger partial charge on any atom is -0.508 e. The lowest BCUT2D eigenvalue weighted by atomic mass is 10.1. The van der Waals surface area contributed by atoms with Crippen LogP contribution >= 0.6 is 0 Å². The van der Waals surface area contributed by atoms with E-state index in [-0.39, 0.29) is 12.2 Å². The van der Waals surface area contributed by atoms with Crippen LogP contribution < -0.4 is 0 Å². The van der Waals surface area contributed by atoms with Crippen LogP contribution in [0.4, 0.5) is 0 Å². The van der Waals surface area contributed by atoms with Crippen LogP contribution in [-0.2, 0) is 20.7 Å². The summed E-state index contributed by atoms with van der Waals surface area (Å²) in [5.41, 5.74) is 1.000. The molecule has 1 rings (SSSR count). The van der Waals surface area contributed by atoms with Gasteiger partial charge in [0.2, 0.25) is 0 Å². The highest BCUT2D eigenvalue weighted by atomic mass is 16.6. The predicted octanol–water partition coefficient (Wildman–Crippen LogP) is 1.73. The maximum atomic E-state index is 10.8. The van der Waals surface area contributed by atoms with E-state index in [1.807, 2.05) is 0 Å². The van der Waals surface area contributed by atoms with Crippen LogP contribution in [0.25, 0.3) is 0 Å². The Kier molecular flexibility index (Phi) is 5.17. The van der Waals surface area contributed by atoms with Crippen molar-refractivity contribution in [3.8, 4) is 5.75 Å². The molecule has 18 heavy (non-hydrogen) atoms. The molecule has 1 aromatic carbocycles. The van der Waals surface area contributed by atoms with Gasteiger partial charge in [-0.05, 0) is 37.0 Å².